The van der Waals surface area contributed by atoms with Gasteiger partial charge >= 0.3 is 0 Å². The number of hydrogen-bond acceptors (Lipinski definition) is 4. The lowest BCUT2D eigenvalue weighted by molar-refractivity contribution is 0.0986. The maximum Gasteiger partial charge on any atom is 0.282 e. The number of carbonyl (C=O) groups excluding carboxylic acids is 1. The van der Waals surface area contributed by atoms with Crippen molar-refractivity contribution in [3.8, 4) is 11.4 Å². The lowest BCUT2D eigenvalue weighted by Crippen LogP contribution is -2.27. The molecule has 0 spiro atoms. The van der Waals surface area contributed by atoms with Crippen LogP contribution in [0.5, 0.6) is 5.75 Å². The first-order chi connectivity index (χ1) is 13.8. The Labute approximate surface area is 171 Å². The average Bonchev–Trinajstić information content (AvgIpc) is 2.91. The van der Waals surface area contributed by atoms with Crippen LogP contribution in [0, 0.1) is 20.8 Å². The van der Waals surface area contributed by atoms with Crippen molar-refractivity contribution in [2.24, 2.45) is 5.10 Å². The number of nitrogens with zero attached hydrogens (tertiary/aromatic N) is 4. The van der Waals surface area contributed by atoms with E-state index < -0.39 is 0 Å². The Morgan fingerprint density at radius 2 is 1.90 bits per heavy atom. The summed E-state index contributed by atoms with van der Waals surface area (Å²) < 4.78 is 7.90. The maximum atomic E-state index is 13.3. The number of ether oxygens (including phenoxy) is 1. The summed E-state index contributed by atoms with van der Waals surface area (Å²) in [5, 5.41) is 5.15. The van der Waals surface area contributed by atoms with E-state index in [1.165, 1.54) is 5.01 Å². The first-order valence-corrected chi connectivity index (χ1v) is 9.52. The number of amides is 1. The number of aromatic nitrogens is 2. The van der Waals surface area contributed by atoms with Crippen LogP contribution in [0.1, 0.15) is 41.2 Å². The molecule has 3 aromatic rings. The minimum Gasteiger partial charge on any atom is -0.491 e. The van der Waals surface area contributed by atoms with Gasteiger partial charge in [0.2, 0.25) is 0 Å². The Morgan fingerprint density at radius 1 is 1.14 bits per heavy atom. The molecule has 6 heteroatoms. The second-order valence-electron chi connectivity index (χ2n) is 7.12. The van der Waals surface area contributed by atoms with Crippen LogP contribution in [-0.4, -0.2) is 28.3 Å². The fourth-order valence-corrected chi connectivity index (χ4v) is 3.48. The van der Waals surface area contributed by atoms with Gasteiger partial charge in [0.15, 0.2) is 5.82 Å². The van der Waals surface area contributed by atoms with Crippen LogP contribution < -0.4 is 9.75 Å². The number of benzene rings is 1. The van der Waals surface area contributed by atoms with Gasteiger partial charge in [-0.2, -0.15) is 10.1 Å². The standard InChI is InChI=1S/C23H26N4O2/c1-15(2)29-20-11-9-10-19(14-20)26-17(4)16(3)22(18(26)5)23(28)27(24-6)21-12-7-8-13-25-21/h7-15H,6H2,1-5H3. The van der Waals surface area contributed by atoms with Crippen molar-refractivity contribution in [1.29, 1.82) is 0 Å². The molecule has 1 amide bonds. The highest BCUT2D eigenvalue weighted by atomic mass is 16.5. The lowest BCUT2D eigenvalue weighted by atomic mass is 10.1. The highest BCUT2D eigenvalue weighted by Gasteiger charge is 2.26. The zero-order chi connectivity index (χ0) is 21.1. The van der Waals surface area contributed by atoms with E-state index >= 15 is 0 Å². The molecule has 6 nitrogen and oxygen atoms in total. The van der Waals surface area contributed by atoms with Gasteiger partial charge in [0.25, 0.3) is 5.91 Å². The van der Waals surface area contributed by atoms with Crippen molar-refractivity contribution in [2.75, 3.05) is 5.01 Å². The molecule has 150 valence electrons. The van der Waals surface area contributed by atoms with Gasteiger partial charge in [-0.1, -0.05) is 12.1 Å². The normalized spacial score (nSPS) is 10.8. The first-order valence-electron chi connectivity index (χ1n) is 9.52. The van der Waals surface area contributed by atoms with Crippen molar-refractivity contribution < 1.29 is 9.53 Å². The first kappa shape index (κ1) is 20.3. The van der Waals surface area contributed by atoms with Gasteiger partial charge in [-0.3, -0.25) is 4.79 Å². The molecule has 0 bridgehead atoms. The summed E-state index contributed by atoms with van der Waals surface area (Å²) in [5.74, 6) is 0.965. The SMILES string of the molecule is C=NN(C(=O)c1c(C)c(C)n(-c2cccc(OC(C)C)c2)c1C)c1ccccn1. The van der Waals surface area contributed by atoms with Crippen LogP contribution in [0.4, 0.5) is 5.82 Å². The van der Waals surface area contributed by atoms with Crippen molar-refractivity contribution in [3.05, 3.63) is 71.2 Å². The summed E-state index contributed by atoms with van der Waals surface area (Å²) in [6, 6.07) is 13.2. The van der Waals surface area contributed by atoms with Crippen LogP contribution in [0.15, 0.2) is 53.8 Å². The molecule has 3 rings (SSSR count). The molecular weight excluding hydrogens is 364 g/mol. The van der Waals surface area contributed by atoms with Crippen LogP contribution in [-0.2, 0) is 0 Å². The van der Waals surface area contributed by atoms with E-state index in [4.69, 9.17) is 4.74 Å². The van der Waals surface area contributed by atoms with Gasteiger partial charge in [0.1, 0.15) is 5.75 Å². The molecule has 2 heterocycles. The number of hydrazone groups is 1. The average molecular weight is 390 g/mol. The molecule has 0 fully saturated rings. The largest absolute Gasteiger partial charge is 0.491 e. The van der Waals surface area contributed by atoms with Crippen molar-refractivity contribution in [2.45, 2.75) is 40.7 Å². The molecule has 1 aromatic carbocycles. The van der Waals surface area contributed by atoms with Crippen LogP contribution in [0.25, 0.3) is 5.69 Å². The third kappa shape index (κ3) is 3.92. The highest BCUT2D eigenvalue weighted by Crippen LogP contribution is 2.29. The Morgan fingerprint density at radius 3 is 2.52 bits per heavy atom. The van der Waals surface area contributed by atoms with E-state index in [0.717, 1.165) is 28.4 Å². The molecule has 0 saturated carbocycles. The number of pyridine rings is 1. The van der Waals surface area contributed by atoms with E-state index in [0.29, 0.717) is 11.4 Å². The third-order valence-electron chi connectivity index (χ3n) is 4.81. The van der Waals surface area contributed by atoms with Crippen molar-refractivity contribution >= 4 is 18.4 Å². The summed E-state index contributed by atoms with van der Waals surface area (Å²) >= 11 is 0. The second-order valence-corrected chi connectivity index (χ2v) is 7.12. The van der Waals surface area contributed by atoms with Crippen LogP contribution in [0.2, 0.25) is 0 Å². The zero-order valence-electron chi connectivity index (χ0n) is 17.5. The van der Waals surface area contributed by atoms with E-state index in [9.17, 15) is 4.79 Å². The van der Waals surface area contributed by atoms with Gasteiger partial charge in [-0.05, 0) is 64.4 Å². The van der Waals surface area contributed by atoms with E-state index in [1.54, 1.807) is 18.3 Å². The summed E-state index contributed by atoms with van der Waals surface area (Å²) in [5.41, 5.74) is 4.24. The van der Waals surface area contributed by atoms with E-state index in [-0.39, 0.29) is 12.0 Å². The molecule has 0 saturated heterocycles. The highest BCUT2D eigenvalue weighted by molar-refractivity contribution is 6.07. The summed E-state index contributed by atoms with van der Waals surface area (Å²) in [6.07, 6.45) is 1.71. The fourth-order valence-electron chi connectivity index (χ4n) is 3.48. The molecule has 0 N–H and O–H groups in total. The monoisotopic (exact) mass is 390 g/mol. The third-order valence-corrected chi connectivity index (χ3v) is 4.81. The van der Waals surface area contributed by atoms with E-state index in [1.807, 2.05) is 65.0 Å². The van der Waals surface area contributed by atoms with Gasteiger partial charge in [-0.15, -0.1) is 0 Å². The maximum absolute atomic E-state index is 13.3. The van der Waals surface area contributed by atoms with Gasteiger partial charge in [0.05, 0.1) is 11.7 Å². The van der Waals surface area contributed by atoms with Gasteiger partial charge in [0, 0.05) is 36.1 Å². The number of hydrogen-bond donors (Lipinski definition) is 0. The van der Waals surface area contributed by atoms with Gasteiger partial charge < -0.3 is 9.30 Å². The molecule has 0 unspecified atom stereocenters. The zero-order valence-corrected chi connectivity index (χ0v) is 17.5. The summed E-state index contributed by atoms with van der Waals surface area (Å²) in [7, 11) is 0. The number of carbonyl (C=O) groups is 1. The Balaban J connectivity index is 2.08. The lowest BCUT2D eigenvalue weighted by Gasteiger charge is -2.16. The molecule has 0 radical (unpaired) electrons. The van der Waals surface area contributed by atoms with Crippen molar-refractivity contribution in [1.82, 2.24) is 9.55 Å². The Hall–Kier alpha value is -3.41. The van der Waals surface area contributed by atoms with Crippen LogP contribution in [0.3, 0.4) is 0 Å². The fraction of sp³-hybridized carbons (Fsp3) is 0.261. The van der Waals surface area contributed by atoms with Gasteiger partial charge in [-0.25, -0.2) is 4.98 Å². The quantitative estimate of drug-likeness (QED) is 0.447. The molecule has 2 aromatic heterocycles. The number of anilines is 1. The predicted octanol–water partition coefficient (Wildman–Crippen LogP) is 4.85. The van der Waals surface area contributed by atoms with E-state index in [2.05, 4.69) is 21.4 Å². The molecule has 29 heavy (non-hydrogen) atoms. The topological polar surface area (TPSA) is 59.7 Å². The Bertz CT molecular complexity index is 1040. The smallest absolute Gasteiger partial charge is 0.282 e. The molecule has 0 atom stereocenters. The minimum atomic E-state index is -0.259. The summed E-state index contributed by atoms with van der Waals surface area (Å²) in [4.78, 5) is 17.6. The second kappa shape index (κ2) is 8.31. The number of rotatable bonds is 6. The predicted molar refractivity (Wildman–Crippen MR) is 116 cm³/mol. The molecular formula is C23H26N4O2. The van der Waals surface area contributed by atoms with Crippen molar-refractivity contribution in [3.63, 3.8) is 0 Å². The molecule has 0 aliphatic rings. The summed E-state index contributed by atoms with van der Waals surface area (Å²) in [6.45, 7) is 13.4. The minimum absolute atomic E-state index is 0.0848. The Kier molecular flexibility index (Phi) is 5.82. The molecule has 0 aliphatic heterocycles. The molecule has 0 aliphatic carbocycles. The van der Waals surface area contributed by atoms with Crippen LogP contribution >= 0.6 is 0 Å².